The number of nitrogens with zero attached hydrogens (tertiary/aromatic N) is 3. The number of nitrogens with one attached hydrogen (secondary N) is 1. The third-order valence-corrected chi connectivity index (χ3v) is 6.04. The Morgan fingerprint density at radius 1 is 1.21 bits per heavy atom. The molecule has 2 amide bonds. The van der Waals surface area contributed by atoms with Crippen molar-refractivity contribution in [1.82, 2.24) is 20.4 Å². The number of aromatic nitrogens is 2. The van der Waals surface area contributed by atoms with Gasteiger partial charge in [-0.15, -0.1) is 0 Å². The summed E-state index contributed by atoms with van der Waals surface area (Å²) in [6.07, 6.45) is 10.5. The van der Waals surface area contributed by atoms with Gasteiger partial charge in [0.25, 0.3) is 0 Å². The molecule has 2 aliphatic rings. The molecule has 0 radical (unpaired) electrons. The first-order chi connectivity index (χ1) is 18.1. The van der Waals surface area contributed by atoms with E-state index in [0.29, 0.717) is 17.8 Å². The van der Waals surface area contributed by atoms with Gasteiger partial charge in [-0.25, -0.2) is 9.18 Å². The maximum absolute atomic E-state index is 14.3. The number of carbonyl (C=O) groups excluding carboxylic acids is 2. The summed E-state index contributed by atoms with van der Waals surface area (Å²) in [6.45, 7) is 8.10. The topological polar surface area (TPSA) is 97.6 Å². The molecule has 1 aromatic heterocycles. The van der Waals surface area contributed by atoms with Gasteiger partial charge in [0.15, 0.2) is 0 Å². The number of carbonyl (C=O) groups is 2. The van der Waals surface area contributed by atoms with Crippen LogP contribution in [0.25, 0.3) is 11.4 Å². The van der Waals surface area contributed by atoms with Crippen molar-refractivity contribution in [1.29, 1.82) is 0 Å². The van der Waals surface area contributed by atoms with Crippen LogP contribution in [-0.4, -0.2) is 51.3 Å². The van der Waals surface area contributed by atoms with Gasteiger partial charge < -0.3 is 19.5 Å². The number of allylic oxidation sites excluding steroid dienone is 5. The second kappa shape index (κ2) is 13.7. The molecule has 0 saturated carbocycles. The number of likely N-dealkylation sites (tertiary alicyclic amines) is 1. The van der Waals surface area contributed by atoms with Gasteiger partial charge in [0.05, 0.1) is 0 Å². The predicted octanol–water partition coefficient (Wildman–Crippen LogP) is 6.15. The van der Waals surface area contributed by atoms with E-state index in [1.54, 1.807) is 32.9 Å². The van der Waals surface area contributed by atoms with Gasteiger partial charge in [0.2, 0.25) is 18.1 Å². The average molecular weight is 525 g/mol. The Bertz CT molecular complexity index is 1140. The highest BCUT2D eigenvalue weighted by atomic mass is 19.1. The maximum atomic E-state index is 14.3. The maximum Gasteiger partial charge on any atom is 0.407 e. The van der Waals surface area contributed by atoms with Gasteiger partial charge in [0, 0.05) is 30.6 Å². The third-order valence-electron chi connectivity index (χ3n) is 6.04. The molecule has 1 aliphatic carbocycles. The van der Waals surface area contributed by atoms with Gasteiger partial charge in [0.1, 0.15) is 11.4 Å². The molecule has 1 fully saturated rings. The first-order valence-corrected chi connectivity index (χ1v) is 12.9. The average Bonchev–Trinajstić information content (AvgIpc) is 3.50. The molecule has 1 aromatic carbocycles. The molecule has 0 bridgehead atoms. The van der Waals surface area contributed by atoms with Crippen molar-refractivity contribution < 1.29 is 23.2 Å². The van der Waals surface area contributed by atoms with Crippen LogP contribution in [0.15, 0.2) is 77.0 Å². The van der Waals surface area contributed by atoms with Crippen LogP contribution in [0.4, 0.5) is 9.18 Å². The molecule has 1 aliphatic heterocycles. The molecule has 8 nitrogen and oxygen atoms in total. The molecule has 1 saturated heterocycles. The zero-order valence-corrected chi connectivity index (χ0v) is 22.5. The van der Waals surface area contributed by atoms with E-state index in [9.17, 15) is 14.0 Å². The van der Waals surface area contributed by atoms with E-state index in [0.717, 1.165) is 24.9 Å². The van der Waals surface area contributed by atoms with E-state index in [1.807, 2.05) is 48.2 Å². The second-order valence-corrected chi connectivity index (χ2v) is 10.4. The zero-order chi connectivity index (χ0) is 27.5. The molecule has 38 heavy (non-hydrogen) atoms. The third kappa shape index (κ3) is 9.28. The van der Waals surface area contributed by atoms with Crippen LogP contribution < -0.4 is 5.32 Å². The van der Waals surface area contributed by atoms with Crippen LogP contribution in [0.5, 0.6) is 0 Å². The fourth-order valence-corrected chi connectivity index (χ4v) is 4.24. The van der Waals surface area contributed by atoms with Crippen LogP contribution in [-0.2, 0) is 9.53 Å². The van der Waals surface area contributed by atoms with E-state index >= 15 is 0 Å². The Labute approximate surface area is 223 Å². The molecule has 2 atom stereocenters. The summed E-state index contributed by atoms with van der Waals surface area (Å²) in [7, 11) is 0. The molecule has 0 spiro atoms. The Morgan fingerprint density at radius 2 is 1.95 bits per heavy atom. The highest BCUT2D eigenvalue weighted by Gasteiger charge is 2.29. The second-order valence-electron chi connectivity index (χ2n) is 10.4. The molecule has 1 unspecified atom stereocenters. The quantitative estimate of drug-likeness (QED) is 0.487. The summed E-state index contributed by atoms with van der Waals surface area (Å²) in [4.78, 5) is 30.7. The van der Waals surface area contributed by atoms with Crippen LogP contribution in [0, 0.1) is 0 Å². The number of amides is 2. The van der Waals surface area contributed by atoms with Crippen LogP contribution >= 0.6 is 0 Å². The first kappa shape index (κ1) is 28.8. The van der Waals surface area contributed by atoms with Crippen molar-refractivity contribution in [2.75, 3.05) is 6.54 Å². The van der Waals surface area contributed by atoms with Gasteiger partial charge in [-0.1, -0.05) is 53.7 Å². The standard InChI is InChI=1S/C21H31FN2O3.C8H6N2O/c1-15-9-8-12-24(15)19(25)14-17(23-20(26)27-21(2,3)4)13-16-10-6-5-7-11-18(16)22;1-2-4-7(5-3-1)8-9-6-11-10-8/h6-7,10-11,15,17H,5,8-9,12-14H2,1-4H3,(H,23,26);1-6H/t15-,17?;/m1./s1. The Hall–Kier alpha value is -3.75. The monoisotopic (exact) mass is 524 g/mol. The Balaban J connectivity index is 0.000000299. The lowest BCUT2D eigenvalue weighted by Gasteiger charge is -2.27. The van der Waals surface area contributed by atoms with E-state index in [4.69, 9.17) is 4.74 Å². The highest BCUT2D eigenvalue weighted by Crippen LogP contribution is 2.23. The highest BCUT2D eigenvalue weighted by molar-refractivity contribution is 5.78. The van der Waals surface area contributed by atoms with E-state index in [1.165, 1.54) is 12.5 Å². The number of rotatable bonds is 6. The molecular formula is C29H37FN4O4. The predicted molar refractivity (Wildman–Crippen MR) is 144 cm³/mol. The molecule has 9 heteroatoms. The fraction of sp³-hybridized carbons (Fsp3) is 0.448. The lowest BCUT2D eigenvalue weighted by Crippen LogP contribution is -2.43. The molecule has 204 valence electrons. The van der Waals surface area contributed by atoms with E-state index in [-0.39, 0.29) is 30.6 Å². The number of ether oxygens (including phenoxy) is 1. The van der Waals surface area contributed by atoms with Gasteiger partial charge in [-0.3, -0.25) is 4.79 Å². The minimum absolute atomic E-state index is 0.0183. The SMILES string of the molecule is C[C@@H]1CCCN1C(=O)CC(CC1=C(F)C=CCC=C1)NC(=O)OC(C)(C)C.c1ccc(-c2ncon2)cc1. The lowest BCUT2D eigenvalue weighted by molar-refractivity contribution is -0.132. The molecule has 4 rings (SSSR count). The number of halogens is 1. The fourth-order valence-electron chi connectivity index (χ4n) is 4.24. The summed E-state index contributed by atoms with van der Waals surface area (Å²) >= 11 is 0. The summed E-state index contributed by atoms with van der Waals surface area (Å²) in [5.41, 5.74) is 0.811. The smallest absolute Gasteiger partial charge is 0.407 e. The van der Waals surface area contributed by atoms with E-state index < -0.39 is 17.7 Å². The minimum Gasteiger partial charge on any atom is -0.444 e. The number of hydrogen-bond donors (Lipinski definition) is 1. The van der Waals surface area contributed by atoms with Gasteiger partial charge in [-0.2, -0.15) is 4.98 Å². The van der Waals surface area contributed by atoms with Crippen LogP contribution in [0.3, 0.4) is 0 Å². The van der Waals surface area contributed by atoms with Crippen molar-refractivity contribution in [3.05, 3.63) is 72.4 Å². The van der Waals surface area contributed by atoms with E-state index in [2.05, 4.69) is 20.0 Å². The summed E-state index contributed by atoms with van der Waals surface area (Å²) in [5, 5.41) is 6.46. The van der Waals surface area contributed by atoms with Crippen molar-refractivity contribution >= 4 is 12.0 Å². The largest absolute Gasteiger partial charge is 0.444 e. The van der Waals surface area contributed by atoms with Gasteiger partial charge in [-0.05, 0) is 65.0 Å². The molecule has 1 N–H and O–H groups in total. The van der Waals surface area contributed by atoms with Crippen molar-refractivity contribution in [2.24, 2.45) is 0 Å². The van der Waals surface area contributed by atoms with Gasteiger partial charge >= 0.3 is 6.09 Å². The molecular weight excluding hydrogens is 487 g/mol. The van der Waals surface area contributed by atoms with Crippen molar-refractivity contribution in [3.8, 4) is 11.4 Å². The minimum atomic E-state index is -0.641. The number of benzene rings is 1. The first-order valence-electron chi connectivity index (χ1n) is 12.9. The van der Waals surface area contributed by atoms with Crippen LogP contribution in [0.1, 0.15) is 59.8 Å². The number of hydrogen-bond acceptors (Lipinski definition) is 6. The molecule has 2 aromatic rings. The van der Waals surface area contributed by atoms with Crippen molar-refractivity contribution in [2.45, 2.75) is 77.5 Å². The number of alkyl carbamates (subject to hydrolysis) is 1. The molecule has 2 heterocycles. The zero-order valence-electron chi connectivity index (χ0n) is 22.5. The summed E-state index contributed by atoms with van der Waals surface area (Å²) < 4.78 is 24.2. The van der Waals surface area contributed by atoms with Crippen LogP contribution in [0.2, 0.25) is 0 Å². The lowest BCUT2D eigenvalue weighted by atomic mass is 10.0. The summed E-state index contributed by atoms with van der Waals surface area (Å²) in [6, 6.07) is 9.37. The van der Waals surface area contributed by atoms with Crippen molar-refractivity contribution in [3.63, 3.8) is 0 Å². The summed E-state index contributed by atoms with van der Waals surface area (Å²) in [5.74, 6) is 0.280. The Morgan fingerprint density at radius 3 is 2.58 bits per heavy atom. The normalized spacial score (nSPS) is 17.9. The Kier molecular flexibility index (Phi) is 10.4.